The monoisotopic (exact) mass is 358 g/mol. The fourth-order valence-electron chi connectivity index (χ4n) is 2.76. The van der Waals surface area contributed by atoms with E-state index in [2.05, 4.69) is 0 Å². The number of hydrogen-bond acceptors (Lipinski definition) is 5. The summed E-state index contributed by atoms with van der Waals surface area (Å²) in [7, 11) is -3.73. The Morgan fingerprint density at radius 1 is 1.08 bits per heavy atom. The maximum absolute atomic E-state index is 13.0. The smallest absolute Gasteiger partial charge is 0.243 e. The second-order valence-electron chi connectivity index (χ2n) is 6.48. The number of rotatable bonds is 10. The van der Waals surface area contributed by atoms with E-state index in [1.54, 1.807) is 26.0 Å². The standard InChI is InChI=1S/C17H30N2O4S/c1-13(2)19(16(12-21)6-4-5-14(3)18)24(22,23)17-9-7-15(11-20)8-10-17/h7-10,13-14,16,20-21H,4-6,11-12,18H2,1-3H3/t14?,16-/m0/s1. The predicted octanol–water partition coefficient (Wildman–Crippen LogP) is 1.46. The van der Waals surface area contributed by atoms with Gasteiger partial charge in [0.2, 0.25) is 10.0 Å². The summed E-state index contributed by atoms with van der Waals surface area (Å²) in [5.74, 6) is 0. The van der Waals surface area contributed by atoms with E-state index in [0.717, 1.165) is 12.8 Å². The first-order chi connectivity index (χ1) is 11.2. The summed E-state index contributed by atoms with van der Waals surface area (Å²) in [5, 5.41) is 18.8. The molecule has 0 fully saturated rings. The van der Waals surface area contributed by atoms with Crippen LogP contribution in [0.3, 0.4) is 0 Å². The molecule has 0 radical (unpaired) electrons. The van der Waals surface area contributed by atoms with Crippen molar-refractivity contribution in [3.63, 3.8) is 0 Å². The second-order valence-corrected chi connectivity index (χ2v) is 8.32. The second kappa shape index (κ2) is 9.48. The molecule has 0 aliphatic heterocycles. The lowest BCUT2D eigenvalue weighted by molar-refractivity contribution is 0.157. The molecule has 1 unspecified atom stereocenters. The lowest BCUT2D eigenvalue weighted by Gasteiger charge is -2.33. The molecule has 0 heterocycles. The van der Waals surface area contributed by atoms with Gasteiger partial charge in [0.1, 0.15) is 0 Å². The summed E-state index contributed by atoms with van der Waals surface area (Å²) >= 11 is 0. The minimum absolute atomic E-state index is 0.0551. The summed E-state index contributed by atoms with van der Waals surface area (Å²) in [4.78, 5) is 0.166. The normalized spacial score (nSPS) is 15.0. The summed E-state index contributed by atoms with van der Waals surface area (Å²) in [5.41, 5.74) is 6.40. The van der Waals surface area contributed by atoms with Crippen LogP contribution in [0.25, 0.3) is 0 Å². The molecule has 6 nitrogen and oxygen atoms in total. The van der Waals surface area contributed by atoms with E-state index in [1.807, 2.05) is 6.92 Å². The molecule has 1 aromatic carbocycles. The topological polar surface area (TPSA) is 104 Å². The van der Waals surface area contributed by atoms with Crippen molar-refractivity contribution in [2.24, 2.45) is 5.73 Å². The highest BCUT2D eigenvalue weighted by atomic mass is 32.2. The van der Waals surface area contributed by atoms with Gasteiger partial charge >= 0.3 is 0 Å². The van der Waals surface area contributed by atoms with Gasteiger partial charge in [-0.2, -0.15) is 4.31 Å². The summed E-state index contributed by atoms with van der Waals surface area (Å²) in [6.07, 6.45) is 2.10. The number of hydrogen-bond donors (Lipinski definition) is 3. The summed E-state index contributed by atoms with van der Waals surface area (Å²) in [6, 6.07) is 5.47. The van der Waals surface area contributed by atoms with E-state index in [9.17, 15) is 13.5 Å². The molecular weight excluding hydrogens is 328 g/mol. The predicted molar refractivity (Wildman–Crippen MR) is 94.9 cm³/mol. The van der Waals surface area contributed by atoms with Crippen LogP contribution >= 0.6 is 0 Å². The van der Waals surface area contributed by atoms with Crippen molar-refractivity contribution in [3.8, 4) is 0 Å². The summed E-state index contributed by atoms with van der Waals surface area (Å²) < 4.78 is 27.4. The molecule has 0 aliphatic carbocycles. The molecule has 0 saturated heterocycles. The van der Waals surface area contributed by atoms with Crippen LogP contribution in [0.15, 0.2) is 29.2 Å². The van der Waals surface area contributed by atoms with Crippen molar-refractivity contribution in [3.05, 3.63) is 29.8 Å². The Hall–Kier alpha value is -0.990. The van der Waals surface area contributed by atoms with E-state index in [4.69, 9.17) is 10.8 Å². The van der Waals surface area contributed by atoms with Crippen LogP contribution in [-0.4, -0.2) is 47.7 Å². The van der Waals surface area contributed by atoms with Gasteiger partial charge in [-0.1, -0.05) is 18.6 Å². The molecule has 0 spiro atoms. The molecular formula is C17H30N2O4S. The maximum Gasteiger partial charge on any atom is 0.243 e. The van der Waals surface area contributed by atoms with Crippen LogP contribution in [0.5, 0.6) is 0 Å². The number of sulfonamides is 1. The number of benzene rings is 1. The lowest BCUT2D eigenvalue weighted by atomic mass is 10.1. The number of aliphatic hydroxyl groups is 2. The average Bonchev–Trinajstić information content (AvgIpc) is 2.52. The molecule has 0 bridgehead atoms. The Morgan fingerprint density at radius 2 is 1.67 bits per heavy atom. The molecule has 0 amide bonds. The van der Waals surface area contributed by atoms with Gasteiger partial charge in [-0.15, -0.1) is 0 Å². The third-order valence-electron chi connectivity index (χ3n) is 3.96. The van der Waals surface area contributed by atoms with E-state index in [0.29, 0.717) is 12.0 Å². The summed E-state index contributed by atoms with van der Waals surface area (Å²) in [6.45, 7) is 5.14. The van der Waals surface area contributed by atoms with Crippen LogP contribution in [-0.2, 0) is 16.6 Å². The third-order valence-corrected chi connectivity index (χ3v) is 6.10. The lowest BCUT2D eigenvalue weighted by Crippen LogP contribution is -2.46. The highest BCUT2D eigenvalue weighted by Gasteiger charge is 2.33. The minimum Gasteiger partial charge on any atom is -0.395 e. The van der Waals surface area contributed by atoms with Crippen molar-refractivity contribution in [1.82, 2.24) is 4.31 Å². The van der Waals surface area contributed by atoms with Crippen LogP contribution < -0.4 is 5.73 Å². The van der Waals surface area contributed by atoms with Crippen LogP contribution in [0, 0.1) is 0 Å². The fourth-order valence-corrected chi connectivity index (χ4v) is 4.60. The quantitative estimate of drug-likeness (QED) is 0.587. The Balaban J connectivity index is 3.05. The van der Waals surface area contributed by atoms with Crippen LogP contribution in [0.4, 0.5) is 0 Å². The zero-order valence-electron chi connectivity index (χ0n) is 14.7. The van der Waals surface area contributed by atoms with Gasteiger partial charge in [0.15, 0.2) is 0 Å². The maximum atomic E-state index is 13.0. The van der Waals surface area contributed by atoms with Crippen LogP contribution in [0.2, 0.25) is 0 Å². The number of aliphatic hydroxyl groups excluding tert-OH is 2. The van der Waals surface area contributed by atoms with Gasteiger partial charge in [-0.3, -0.25) is 0 Å². The van der Waals surface area contributed by atoms with Crippen molar-refractivity contribution in [2.75, 3.05) is 6.61 Å². The van der Waals surface area contributed by atoms with Crippen LogP contribution in [0.1, 0.15) is 45.6 Å². The largest absolute Gasteiger partial charge is 0.395 e. The molecule has 7 heteroatoms. The van der Waals surface area contributed by atoms with E-state index in [-0.39, 0.29) is 30.2 Å². The first-order valence-corrected chi connectivity index (χ1v) is 9.77. The van der Waals surface area contributed by atoms with Gasteiger partial charge in [0.25, 0.3) is 0 Å². The first-order valence-electron chi connectivity index (χ1n) is 8.33. The fraction of sp³-hybridized carbons (Fsp3) is 0.647. The molecule has 0 aliphatic rings. The van der Waals surface area contributed by atoms with Crippen molar-refractivity contribution >= 4 is 10.0 Å². The van der Waals surface area contributed by atoms with E-state index >= 15 is 0 Å². The third kappa shape index (κ3) is 5.53. The molecule has 2 atom stereocenters. The van der Waals surface area contributed by atoms with Gasteiger partial charge in [-0.05, 0) is 51.3 Å². The zero-order chi connectivity index (χ0) is 18.3. The highest BCUT2D eigenvalue weighted by Crippen LogP contribution is 2.24. The van der Waals surface area contributed by atoms with Crippen molar-refractivity contribution in [2.45, 2.75) is 69.7 Å². The molecule has 0 saturated carbocycles. The van der Waals surface area contributed by atoms with Crippen molar-refractivity contribution < 1.29 is 18.6 Å². The van der Waals surface area contributed by atoms with Gasteiger partial charge < -0.3 is 15.9 Å². The average molecular weight is 359 g/mol. The number of nitrogens with two attached hydrogens (primary N) is 1. The molecule has 138 valence electrons. The molecule has 1 aromatic rings. The molecule has 1 rings (SSSR count). The van der Waals surface area contributed by atoms with E-state index < -0.39 is 16.1 Å². The Kier molecular flexibility index (Phi) is 8.32. The number of nitrogens with zero attached hydrogens (tertiary/aromatic N) is 1. The van der Waals surface area contributed by atoms with Gasteiger partial charge in [0.05, 0.1) is 18.1 Å². The Labute approximate surface area is 145 Å². The zero-order valence-corrected chi connectivity index (χ0v) is 15.5. The first kappa shape index (κ1) is 21.1. The Bertz CT molecular complexity index is 585. The molecule has 4 N–H and O–H groups in total. The minimum atomic E-state index is -3.73. The van der Waals surface area contributed by atoms with Gasteiger partial charge in [-0.25, -0.2) is 8.42 Å². The molecule has 0 aromatic heterocycles. The van der Waals surface area contributed by atoms with E-state index in [1.165, 1.54) is 16.4 Å². The molecule has 24 heavy (non-hydrogen) atoms. The van der Waals surface area contributed by atoms with Gasteiger partial charge in [0, 0.05) is 18.1 Å². The SMILES string of the molecule is CC(N)CCC[C@@H](CO)N(C(C)C)S(=O)(=O)c1ccc(CO)cc1. The van der Waals surface area contributed by atoms with Crippen molar-refractivity contribution in [1.29, 1.82) is 0 Å². The Morgan fingerprint density at radius 3 is 2.08 bits per heavy atom. The highest BCUT2D eigenvalue weighted by molar-refractivity contribution is 7.89.